The molecule has 0 aromatic rings. The first-order chi connectivity index (χ1) is 32.5. The number of hydrogen-bond donors (Lipinski definition) is 20. The summed E-state index contributed by atoms with van der Waals surface area (Å²) in [6.45, 7) is -6.80. The van der Waals surface area contributed by atoms with Crippen molar-refractivity contribution in [1.29, 1.82) is 0 Å². The van der Waals surface area contributed by atoms with Crippen molar-refractivity contribution in [2.45, 2.75) is 128 Å². The van der Waals surface area contributed by atoms with Gasteiger partial charge in [0, 0.05) is 30.8 Å². The monoisotopic (exact) mass is 1010 g/mol. The molecule has 31 heteroatoms. The Morgan fingerprint density at radius 2 is 0.957 bits per heavy atom. The second kappa shape index (κ2) is 26.6. The normalized spacial score (nSPS) is 40.2. The zero-order valence-corrected chi connectivity index (χ0v) is 36.5. The van der Waals surface area contributed by atoms with Gasteiger partial charge in [-0.2, -0.15) is 0 Å². The summed E-state index contributed by atoms with van der Waals surface area (Å²) >= 11 is 0. The van der Waals surface area contributed by atoms with Crippen molar-refractivity contribution in [2.24, 2.45) is 17.8 Å². The maximum Gasteiger partial charge on any atom is 0.335 e. The smallest absolute Gasteiger partial charge is 0.335 e. The quantitative estimate of drug-likeness (QED) is 0.0399. The molecule has 4 aliphatic heterocycles. The number of amides is 2. The summed E-state index contributed by atoms with van der Waals surface area (Å²) in [4.78, 5) is 49.8. The van der Waals surface area contributed by atoms with Crippen molar-refractivity contribution in [3.8, 4) is 0 Å². The third kappa shape index (κ3) is 14.3. The van der Waals surface area contributed by atoms with Crippen molar-refractivity contribution in [3.63, 3.8) is 0 Å². The van der Waals surface area contributed by atoms with Crippen LogP contribution in [0, 0.1) is 17.8 Å². The van der Waals surface area contributed by atoms with E-state index >= 15 is 0 Å². The molecule has 0 aromatic heterocycles. The Bertz CT molecular complexity index is 1640. The molecule has 24 atom stereocenters. The Kier molecular flexibility index (Phi) is 22.6. The van der Waals surface area contributed by atoms with Crippen molar-refractivity contribution < 1.29 is 144 Å². The first-order valence-corrected chi connectivity index (χ1v) is 21.6. The third-order valence-electron chi connectivity index (χ3n) is 12.3. The SMILES string of the molecule is O=C(NCCNC(=O)C1OC(COCC2C(C(=O)O)OC(O)C(O)C2O)C(O)C(O)C1COCC1OC(C(=O)O)C(O)C(O)C1O)C(O)C(O)C(COCC1OC(CO)C(O)C(O)C1O)C(O)CO. The van der Waals surface area contributed by atoms with Gasteiger partial charge in [-0.25, -0.2) is 9.59 Å². The highest BCUT2D eigenvalue weighted by Crippen LogP contribution is 2.31. The van der Waals surface area contributed by atoms with Crippen LogP contribution in [0.2, 0.25) is 0 Å². The molecular weight excluding hydrogens is 948 g/mol. The van der Waals surface area contributed by atoms with E-state index in [2.05, 4.69) is 10.6 Å². The molecule has 20 N–H and O–H groups in total. The molecule has 0 aliphatic carbocycles. The van der Waals surface area contributed by atoms with Crippen LogP contribution in [-0.2, 0) is 52.3 Å². The van der Waals surface area contributed by atoms with E-state index in [-0.39, 0.29) is 0 Å². The molecule has 4 fully saturated rings. The number of aliphatic carboxylic acids is 2. The van der Waals surface area contributed by atoms with Gasteiger partial charge in [0.2, 0.25) is 5.91 Å². The maximum absolute atomic E-state index is 13.6. The lowest BCUT2D eigenvalue weighted by atomic mass is 9.86. The standard InChI is InChI=1S/C38H64N2O29/c41-3-14(43)11(5-63-8-16-24(49)26(51)22(47)15(4-42)66-16)19(44)29(54)34(56)39-1-2-40-35(57)31-12(6-64-10-18-25(50)27(52)28(53)33(68-18)37(60)61)20(45)23(48)17(67-31)9-65-7-13-21(46)30(55)38(62)69-32(13)36(58)59/h11-33,38,41-55,62H,1-10H2,(H,39,56)(H,40,57)(H,58,59)(H,60,61). The van der Waals surface area contributed by atoms with Gasteiger partial charge in [0.25, 0.3) is 5.91 Å². The number of carboxylic acid groups (broad SMARTS) is 2. The summed E-state index contributed by atoms with van der Waals surface area (Å²) in [6, 6.07) is 0. The van der Waals surface area contributed by atoms with E-state index in [1.54, 1.807) is 0 Å². The summed E-state index contributed by atoms with van der Waals surface area (Å²) in [5.41, 5.74) is 0. The van der Waals surface area contributed by atoms with Crippen molar-refractivity contribution in [1.82, 2.24) is 10.6 Å². The number of rotatable bonds is 24. The fourth-order valence-corrected chi connectivity index (χ4v) is 8.07. The van der Waals surface area contributed by atoms with Gasteiger partial charge in [-0.05, 0) is 0 Å². The van der Waals surface area contributed by atoms with Crippen LogP contribution in [0.4, 0.5) is 0 Å². The lowest BCUT2D eigenvalue weighted by Gasteiger charge is -2.43. The number of nitrogens with one attached hydrogen (secondary N) is 2. The van der Waals surface area contributed by atoms with Gasteiger partial charge in [0.15, 0.2) is 24.6 Å². The highest BCUT2D eigenvalue weighted by Gasteiger charge is 2.51. The number of carboxylic acids is 2. The minimum Gasteiger partial charge on any atom is -0.479 e. The van der Waals surface area contributed by atoms with Crippen LogP contribution < -0.4 is 10.6 Å². The fourth-order valence-electron chi connectivity index (χ4n) is 8.07. The Balaban J connectivity index is 1.38. The van der Waals surface area contributed by atoms with Crippen LogP contribution in [0.3, 0.4) is 0 Å². The van der Waals surface area contributed by atoms with Gasteiger partial charge in [-0.15, -0.1) is 0 Å². The molecule has 24 unspecified atom stereocenters. The number of aliphatic hydroxyl groups excluding tert-OH is 16. The molecule has 0 aromatic carbocycles. The van der Waals surface area contributed by atoms with Crippen LogP contribution in [0.15, 0.2) is 0 Å². The molecule has 0 spiro atoms. The lowest BCUT2D eigenvalue weighted by molar-refractivity contribution is -0.275. The third-order valence-corrected chi connectivity index (χ3v) is 12.3. The van der Waals surface area contributed by atoms with Crippen LogP contribution in [-0.4, -0.2) is 310 Å². The van der Waals surface area contributed by atoms with E-state index in [0.29, 0.717) is 0 Å². The summed E-state index contributed by atoms with van der Waals surface area (Å²) in [7, 11) is 0. The zero-order valence-electron chi connectivity index (χ0n) is 36.5. The molecule has 2 amide bonds. The highest BCUT2D eigenvalue weighted by atomic mass is 16.6. The van der Waals surface area contributed by atoms with Gasteiger partial charge < -0.3 is 136 Å². The number of aliphatic hydroxyl groups is 16. The largest absolute Gasteiger partial charge is 0.479 e. The lowest BCUT2D eigenvalue weighted by Crippen LogP contribution is -2.62. The molecular formula is C38H64N2O29. The van der Waals surface area contributed by atoms with Crippen LogP contribution in [0.5, 0.6) is 0 Å². The molecule has 4 aliphatic rings. The predicted octanol–water partition coefficient (Wildman–Crippen LogP) is -13.0. The van der Waals surface area contributed by atoms with E-state index in [1.165, 1.54) is 0 Å². The number of carbonyl (C=O) groups excluding carboxylic acids is 2. The average molecular weight is 1010 g/mol. The first-order valence-electron chi connectivity index (χ1n) is 21.6. The molecule has 400 valence electrons. The maximum atomic E-state index is 13.6. The van der Waals surface area contributed by atoms with Gasteiger partial charge in [0.05, 0.1) is 77.3 Å². The van der Waals surface area contributed by atoms with Gasteiger partial charge in [-0.1, -0.05) is 0 Å². The molecule has 0 radical (unpaired) electrons. The summed E-state index contributed by atoms with van der Waals surface area (Å²) in [6.07, 6.45) is -38.4. The Labute approximate surface area is 390 Å². The number of hydrogen-bond acceptors (Lipinski definition) is 27. The Morgan fingerprint density at radius 3 is 1.51 bits per heavy atom. The number of carbonyl (C=O) groups is 4. The van der Waals surface area contributed by atoms with Gasteiger partial charge in [0.1, 0.15) is 79.4 Å². The van der Waals surface area contributed by atoms with E-state index < -0.39 is 236 Å². The van der Waals surface area contributed by atoms with Crippen LogP contribution in [0.1, 0.15) is 0 Å². The fraction of sp³-hybridized carbons (Fsp3) is 0.895. The van der Waals surface area contributed by atoms with E-state index in [4.69, 9.17) is 33.2 Å². The summed E-state index contributed by atoms with van der Waals surface area (Å²) in [5, 5.41) is 187. The Morgan fingerprint density at radius 1 is 0.493 bits per heavy atom. The predicted molar refractivity (Wildman–Crippen MR) is 213 cm³/mol. The molecule has 0 bridgehead atoms. The van der Waals surface area contributed by atoms with Gasteiger partial charge in [-0.3, -0.25) is 9.59 Å². The minimum atomic E-state index is -2.31. The average Bonchev–Trinajstić information content (AvgIpc) is 3.32. The van der Waals surface area contributed by atoms with E-state index in [9.17, 15) is 111 Å². The van der Waals surface area contributed by atoms with Crippen molar-refractivity contribution in [2.75, 3.05) is 65.9 Å². The van der Waals surface area contributed by atoms with E-state index in [0.717, 1.165) is 0 Å². The second-order valence-electron chi connectivity index (χ2n) is 17.0. The van der Waals surface area contributed by atoms with E-state index in [1.807, 2.05) is 0 Å². The molecule has 4 heterocycles. The molecule has 4 rings (SSSR count). The highest BCUT2D eigenvalue weighted by molar-refractivity contribution is 5.82. The van der Waals surface area contributed by atoms with Crippen molar-refractivity contribution >= 4 is 23.8 Å². The number of ether oxygens (including phenoxy) is 7. The second-order valence-corrected chi connectivity index (χ2v) is 17.0. The van der Waals surface area contributed by atoms with Gasteiger partial charge >= 0.3 is 11.9 Å². The minimum absolute atomic E-state index is 0.477. The molecule has 31 nitrogen and oxygen atoms in total. The molecule has 69 heavy (non-hydrogen) atoms. The topological polar surface area (TPSA) is 521 Å². The zero-order chi connectivity index (χ0) is 51.6. The van der Waals surface area contributed by atoms with Crippen LogP contribution in [0.25, 0.3) is 0 Å². The summed E-state index contributed by atoms with van der Waals surface area (Å²) in [5.74, 6) is -10.3. The summed E-state index contributed by atoms with van der Waals surface area (Å²) < 4.78 is 37.5. The molecule has 4 saturated heterocycles. The van der Waals surface area contributed by atoms with Crippen LogP contribution >= 0.6 is 0 Å². The molecule has 0 saturated carbocycles. The first kappa shape index (κ1) is 58.5. The Hall–Kier alpha value is -3.04. The van der Waals surface area contributed by atoms with Crippen molar-refractivity contribution in [3.05, 3.63) is 0 Å².